The lowest BCUT2D eigenvalue weighted by Gasteiger charge is -2.43. The van der Waals surface area contributed by atoms with Crippen LogP contribution < -0.4 is 5.73 Å². The lowest BCUT2D eigenvalue weighted by Crippen LogP contribution is -2.54. The molecule has 2 aliphatic rings. The van der Waals surface area contributed by atoms with Gasteiger partial charge in [0.2, 0.25) is 5.91 Å². The summed E-state index contributed by atoms with van der Waals surface area (Å²) < 4.78 is 0. The molecule has 3 heteroatoms. The summed E-state index contributed by atoms with van der Waals surface area (Å²) in [4.78, 5) is 14.9. The zero-order chi connectivity index (χ0) is 13.3. The van der Waals surface area contributed by atoms with Crippen molar-refractivity contribution in [3.05, 3.63) is 0 Å². The molecule has 5 unspecified atom stereocenters. The molecular formula is C15H28N2O. The van der Waals surface area contributed by atoms with E-state index in [9.17, 15) is 4.79 Å². The molecule has 1 aliphatic heterocycles. The van der Waals surface area contributed by atoms with E-state index in [1.54, 1.807) is 0 Å². The monoisotopic (exact) mass is 252 g/mol. The molecule has 1 aliphatic carbocycles. The van der Waals surface area contributed by atoms with Crippen molar-refractivity contribution in [2.75, 3.05) is 6.54 Å². The Morgan fingerprint density at radius 1 is 1.06 bits per heavy atom. The van der Waals surface area contributed by atoms with E-state index in [4.69, 9.17) is 5.73 Å². The third-order valence-electron chi connectivity index (χ3n) is 5.21. The average Bonchev–Trinajstić information content (AvgIpc) is 2.32. The van der Waals surface area contributed by atoms with Crippen LogP contribution in [0.3, 0.4) is 0 Å². The van der Waals surface area contributed by atoms with Crippen molar-refractivity contribution in [2.24, 2.45) is 23.5 Å². The number of nitrogens with two attached hydrogens (primary N) is 1. The summed E-state index contributed by atoms with van der Waals surface area (Å²) in [6.07, 6.45) is 5.74. The normalized spacial score (nSPS) is 41.8. The second-order valence-electron chi connectivity index (χ2n) is 6.49. The first-order valence-corrected chi connectivity index (χ1v) is 7.58. The Morgan fingerprint density at radius 3 is 2.39 bits per heavy atom. The zero-order valence-electron chi connectivity index (χ0n) is 12.1. The molecule has 1 saturated carbocycles. The molecule has 2 rings (SSSR count). The van der Waals surface area contributed by atoms with Crippen molar-refractivity contribution in [3.8, 4) is 0 Å². The predicted molar refractivity (Wildman–Crippen MR) is 74.1 cm³/mol. The van der Waals surface area contributed by atoms with Crippen molar-refractivity contribution in [3.63, 3.8) is 0 Å². The minimum absolute atomic E-state index is 0.0616. The van der Waals surface area contributed by atoms with Crippen molar-refractivity contribution >= 4 is 5.91 Å². The molecule has 0 aromatic carbocycles. The quantitative estimate of drug-likeness (QED) is 0.779. The van der Waals surface area contributed by atoms with Crippen molar-refractivity contribution in [1.82, 2.24) is 4.90 Å². The average molecular weight is 252 g/mol. The third kappa shape index (κ3) is 2.56. The fourth-order valence-corrected chi connectivity index (χ4v) is 3.72. The van der Waals surface area contributed by atoms with E-state index in [2.05, 4.69) is 25.7 Å². The highest BCUT2D eigenvalue weighted by molar-refractivity contribution is 5.80. The van der Waals surface area contributed by atoms with Crippen LogP contribution in [0.2, 0.25) is 0 Å². The maximum atomic E-state index is 12.8. The van der Waals surface area contributed by atoms with E-state index in [-0.39, 0.29) is 12.0 Å². The summed E-state index contributed by atoms with van der Waals surface area (Å²) in [6, 6.07) is 0.457. The number of nitrogens with zero attached hydrogens (tertiary/aromatic N) is 1. The molecule has 1 amide bonds. The molecule has 0 aromatic heterocycles. The van der Waals surface area contributed by atoms with Crippen molar-refractivity contribution < 1.29 is 4.79 Å². The second kappa shape index (κ2) is 5.60. The topological polar surface area (TPSA) is 46.3 Å². The van der Waals surface area contributed by atoms with Gasteiger partial charge < -0.3 is 10.6 Å². The highest BCUT2D eigenvalue weighted by atomic mass is 16.2. The van der Waals surface area contributed by atoms with Crippen LogP contribution in [0.25, 0.3) is 0 Å². The first-order valence-electron chi connectivity index (χ1n) is 7.58. The van der Waals surface area contributed by atoms with Gasteiger partial charge in [-0.05, 0) is 44.4 Å². The van der Waals surface area contributed by atoms with Crippen LogP contribution in [-0.4, -0.2) is 29.4 Å². The van der Waals surface area contributed by atoms with Crippen LogP contribution in [-0.2, 0) is 4.79 Å². The fraction of sp³-hybridized carbons (Fsp3) is 0.933. The minimum Gasteiger partial charge on any atom is -0.339 e. The smallest absolute Gasteiger partial charge is 0.227 e. The Morgan fingerprint density at radius 2 is 1.72 bits per heavy atom. The van der Waals surface area contributed by atoms with Crippen LogP contribution in [0.15, 0.2) is 0 Å². The number of amides is 1. The van der Waals surface area contributed by atoms with Gasteiger partial charge in [-0.3, -0.25) is 4.79 Å². The largest absolute Gasteiger partial charge is 0.339 e. The van der Waals surface area contributed by atoms with E-state index in [0.29, 0.717) is 23.8 Å². The molecule has 3 nitrogen and oxygen atoms in total. The summed E-state index contributed by atoms with van der Waals surface area (Å²) >= 11 is 0. The van der Waals surface area contributed by atoms with Gasteiger partial charge in [-0.1, -0.05) is 20.3 Å². The fourth-order valence-electron chi connectivity index (χ4n) is 3.72. The van der Waals surface area contributed by atoms with Gasteiger partial charge in [0, 0.05) is 18.6 Å². The van der Waals surface area contributed by atoms with Crippen LogP contribution in [0.1, 0.15) is 52.9 Å². The van der Waals surface area contributed by atoms with Gasteiger partial charge in [0.05, 0.1) is 5.92 Å². The number of carbonyl (C=O) groups is 1. The highest BCUT2D eigenvalue weighted by Gasteiger charge is 2.39. The summed E-state index contributed by atoms with van der Waals surface area (Å²) in [5.41, 5.74) is 6.21. The van der Waals surface area contributed by atoms with Crippen LogP contribution >= 0.6 is 0 Å². The second-order valence-corrected chi connectivity index (χ2v) is 6.49. The maximum Gasteiger partial charge on any atom is 0.227 e. The number of hydrogen-bond donors (Lipinski definition) is 1. The Balaban J connectivity index is 2.09. The molecule has 5 atom stereocenters. The summed E-state index contributed by atoms with van der Waals surface area (Å²) in [5, 5.41) is 0. The number of piperidine rings is 1. The van der Waals surface area contributed by atoms with E-state index >= 15 is 0 Å². The SMILES string of the molecule is CC1CCCC(N)C1C(=O)N1CCCC(C)C1C. The Bertz CT molecular complexity index is 295. The molecule has 1 saturated heterocycles. The highest BCUT2D eigenvalue weighted by Crippen LogP contribution is 2.33. The molecule has 0 radical (unpaired) electrons. The number of rotatable bonds is 1. The van der Waals surface area contributed by atoms with E-state index in [1.807, 2.05) is 0 Å². The first kappa shape index (κ1) is 13.9. The molecule has 104 valence electrons. The van der Waals surface area contributed by atoms with Gasteiger partial charge in [0.25, 0.3) is 0 Å². The lowest BCUT2D eigenvalue weighted by atomic mass is 9.75. The van der Waals surface area contributed by atoms with Crippen molar-refractivity contribution in [2.45, 2.75) is 65.0 Å². The first-order chi connectivity index (χ1) is 8.52. The lowest BCUT2D eigenvalue weighted by molar-refractivity contribution is -0.143. The molecule has 0 spiro atoms. The van der Waals surface area contributed by atoms with Crippen molar-refractivity contribution in [1.29, 1.82) is 0 Å². The standard InChI is InChI=1S/C15H28N2O/c1-10-7-5-9-17(12(10)3)15(18)14-11(2)6-4-8-13(14)16/h10-14H,4-9,16H2,1-3H3. The summed E-state index contributed by atoms with van der Waals surface area (Å²) in [7, 11) is 0. The van der Waals surface area contributed by atoms with Crippen LogP contribution in [0.5, 0.6) is 0 Å². The molecule has 0 aromatic rings. The van der Waals surface area contributed by atoms with Gasteiger partial charge in [-0.25, -0.2) is 0 Å². The Kier molecular flexibility index (Phi) is 4.31. The van der Waals surface area contributed by atoms with E-state index < -0.39 is 0 Å². The predicted octanol–water partition coefficient (Wildman–Crippen LogP) is 2.40. The van der Waals surface area contributed by atoms with Gasteiger partial charge in [-0.15, -0.1) is 0 Å². The molecule has 1 heterocycles. The zero-order valence-corrected chi connectivity index (χ0v) is 12.1. The van der Waals surface area contributed by atoms with E-state index in [0.717, 1.165) is 25.8 Å². The van der Waals surface area contributed by atoms with E-state index in [1.165, 1.54) is 12.8 Å². The summed E-state index contributed by atoms with van der Waals surface area (Å²) in [6.45, 7) is 7.58. The van der Waals surface area contributed by atoms with Gasteiger partial charge in [0.1, 0.15) is 0 Å². The number of carbonyl (C=O) groups excluding carboxylic acids is 1. The number of hydrogen-bond acceptors (Lipinski definition) is 2. The van der Waals surface area contributed by atoms with Gasteiger partial charge in [-0.2, -0.15) is 0 Å². The molecule has 18 heavy (non-hydrogen) atoms. The third-order valence-corrected chi connectivity index (χ3v) is 5.21. The molecule has 0 bridgehead atoms. The summed E-state index contributed by atoms with van der Waals surface area (Å²) in [5.74, 6) is 1.46. The van der Waals surface area contributed by atoms with Crippen LogP contribution in [0.4, 0.5) is 0 Å². The Hall–Kier alpha value is -0.570. The van der Waals surface area contributed by atoms with Gasteiger partial charge >= 0.3 is 0 Å². The maximum absolute atomic E-state index is 12.8. The molecule has 2 N–H and O–H groups in total. The molecule has 2 fully saturated rings. The Labute approximate surface area is 111 Å². The minimum atomic E-state index is 0.0616. The van der Waals surface area contributed by atoms with Crippen LogP contribution in [0, 0.1) is 17.8 Å². The van der Waals surface area contributed by atoms with Gasteiger partial charge in [0.15, 0.2) is 0 Å². The molecular weight excluding hydrogens is 224 g/mol. The number of likely N-dealkylation sites (tertiary alicyclic amines) is 1.